The number of hydrogen-bond donors (Lipinski definition) is 3. The Bertz CT molecular complexity index is 734. The van der Waals surface area contributed by atoms with Gasteiger partial charge in [-0.3, -0.25) is 19.7 Å². The Morgan fingerprint density at radius 3 is 2.65 bits per heavy atom. The van der Waals surface area contributed by atoms with Crippen LogP contribution in [0.15, 0.2) is 24.3 Å². The van der Waals surface area contributed by atoms with Gasteiger partial charge in [0.1, 0.15) is 6.04 Å². The Hall–Kier alpha value is -2.90. The topological polar surface area (TPSA) is 108 Å². The minimum Gasteiger partial charge on any atom is -0.350 e. The summed E-state index contributed by atoms with van der Waals surface area (Å²) in [6, 6.07) is 6.25. The Labute approximate surface area is 151 Å². The summed E-state index contributed by atoms with van der Waals surface area (Å²) in [5, 5.41) is 7.45. The van der Waals surface area contributed by atoms with Crippen LogP contribution in [0, 0.1) is 0 Å². The van der Waals surface area contributed by atoms with Gasteiger partial charge in [-0.15, -0.1) is 0 Å². The lowest BCUT2D eigenvalue weighted by Gasteiger charge is -2.19. The monoisotopic (exact) mass is 358 g/mol. The van der Waals surface area contributed by atoms with Crippen molar-refractivity contribution in [1.29, 1.82) is 0 Å². The molecule has 1 aromatic rings. The fourth-order valence-corrected chi connectivity index (χ4v) is 3.19. The van der Waals surface area contributed by atoms with Crippen molar-refractivity contribution < 1.29 is 19.2 Å². The van der Waals surface area contributed by atoms with Gasteiger partial charge in [0, 0.05) is 32.5 Å². The molecule has 2 heterocycles. The fourth-order valence-electron chi connectivity index (χ4n) is 3.19. The molecule has 0 unspecified atom stereocenters. The maximum absolute atomic E-state index is 12.4. The first-order valence-corrected chi connectivity index (χ1v) is 8.75. The normalized spacial score (nSPS) is 20.4. The van der Waals surface area contributed by atoms with Gasteiger partial charge in [0.15, 0.2) is 0 Å². The minimum atomic E-state index is -0.742. The van der Waals surface area contributed by atoms with Crippen molar-refractivity contribution in [3.63, 3.8) is 0 Å². The molecule has 0 aromatic heterocycles. The Kier molecular flexibility index (Phi) is 5.50. The molecule has 0 saturated carbocycles. The maximum Gasteiger partial charge on any atom is 0.322 e. The van der Waals surface area contributed by atoms with Crippen LogP contribution in [-0.4, -0.2) is 41.2 Å². The van der Waals surface area contributed by atoms with E-state index in [1.165, 1.54) is 0 Å². The van der Waals surface area contributed by atoms with Crippen molar-refractivity contribution in [3.8, 4) is 0 Å². The van der Waals surface area contributed by atoms with Crippen LogP contribution in [0.4, 0.5) is 4.79 Å². The summed E-state index contributed by atoms with van der Waals surface area (Å²) >= 11 is 0. The molecule has 0 bridgehead atoms. The summed E-state index contributed by atoms with van der Waals surface area (Å²) in [7, 11) is 0. The van der Waals surface area contributed by atoms with E-state index in [1.54, 1.807) is 0 Å². The zero-order valence-electron chi connectivity index (χ0n) is 14.4. The fraction of sp³-hybridized carbons (Fsp3) is 0.444. The number of amides is 5. The van der Waals surface area contributed by atoms with E-state index in [4.69, 9.17) is 0 Å². The summed E-state index contributed by atoms with van der Waals surface area (Å²) in [5.41, 5.74) is 1.92. The van der Waals surface area contributed by atoms with Crippen LogP contribution in [0.3, 0.4) is 0 Å². The highest BCUT2D eigenvalue weighted by Gasteiger charge is 2.26. The first-order chi connectivity index (χ1) is 12.5. The first kappa shape index (κ1) is 17.9. The number of imide groups is 1. The number of likely N-dealkylation sites (tertiary alicyclic amines) is 1. The van der Waals surface area contributed by atoms with E-state index in [-0.39, 0.29) is 24.7 Å². The third-order valence-corrected chi connectivity index (χ3v) is 4.64. The minimum absolute atomic E-state index is 0.116. The standard InChI is InChI=1S/C18H22N4O4/c23-15-8-7-14(20-18(26)21-15)17(25)19-10-12-4-1-2-5-13(12)11-22-9-3-6-16(22)24/h1-2,4-5,14H,3,6-11H2,(H,19,25)(H2,20,21,23,26)/t14-/m0/s1. The van der Waals surface area contributed by atoms with Crippen molar-refractivity contribution in [2.24, 2.45) is 0 Å². The van der Waals surface area contributed by atoms with E-state index in [9.17, 15) is 19.2 Å². The smallest absolute Gasteiger partial charge is 0.322 e. The summed E-state index contributed by atoms with van der Waals surface area (Å²) in [6.07, 6.45) is 1.84. The number of nitrogens with one attached hydrogen (secondary N) is 3. The van der Waals surface area contributed by atoms with E-state index in [0.717, 1.165) is 24.1 Å². The predicted octanol–water partition coefficient (Wildman–Crippen LogP) is 0.413. The molecule has 1 atom stereocenters. The molecule has 5 amide bonds. The van der Waals surface area contributed by atoms with Crippen molar-refractivity contribution in [2.75, 3.05) is 6.54 Å². The summed E-state index contributed by atoms with van der Waals surface area (Å²) in [6.45, 7) is 1.59. The van der Waals surface area contributed by atoms with Gasteiger partial charge in [0.25, 0.3) is 0 Å². The predicted molar refractivity (Wildman–Crippen MR) is 92.6 cm³/mol. The second kappa shape index (κ2) is 7.99. The number of hydrogen-bond acceptors (Lipinski definition) is 4. The van der Waals surface area contributed by atoms with Gasteiger partial charge in [-0.25, -0.2) is 4.79 Å². The Balaban J connectivity index is 1.60. The largest absolute Gasteiger partial charge is 0.350 e. The third-order valence-electron chi connectivity index (χ3n) is 4.64. The van der Waals surface area contributed by atoms with Crippen LogP contribution in [0.25, 0.3) is 0 Å². The molecule has 0 radical (unpaired) electrons. The molecule has 2 fully saturated rings. The third kappa shape index (κ3) is 4.38. The second-order valence-corrected chi connectivity index (χ2v) is 6.52. The van der Waals surface area contributed by atoms with E-state index < -0.39 is 18.0 Å². The van der Waals surface area contributed by atoms with Crippen molar-refractivity contribution in [2.45, 2.75) is 44.8 Å². The zero-order chi connectivity index (χ0) is 18.5. The molecule has 1 aromatic carbocycles. The van der Waals surface area contributed by atoms with Gasteiger partial charge < -0.3 is 15.5 Å². The number of urea groups is 1. The lowest BCUT2D eigenvalue weighted by Crippen LogP contribution is -2.48. The highest BCUT2D eigenvalue weighted by atomic mass is 16.2. The lowest BCUT2D eigenvalue weighted by atomic mass is 10.1. The molecule has 0 aliphatic carbocycles. The number of rotatable bonds is 5. The molecule has 2 aliphatic heterocycles. The molecular formula is C18H22N4O4. The number of benzene rings is 1. The summed E-state index contributed by atoms with van der Waals surface area (Å²) in [4.78, 5) is 48.9. The Morgan fingerprint density at radius 2 is 1.92 bits per heavy atom. The van der Waals surface area contributed by atoms with Gasteiger partial charge in [0.05, 0.1) is 0 Å². The van der Waals surface area contributed by atoms with Gasteiger partial charge in [-0.2, -0.15) is 0 Å². The molecule has 8 heteroatoms. The van der Waals surface area contributed by atoms with Gasteiger partial charge in [-0.1, -0.05) is 24.3 Å². The molecule has 26 heavy (non-hydrogen) atoms. The van der Waals surface area contributed by atoms with Crippen LogP contribution in [0.1, 0.15) is 36.8 Å². The molecule has 138 valence electrons. The van der Waals surface area contributed by atoms with Crippen LogP contribution >= 0.6 is 0 Å². The maximum atomic E-state index is 12.4. The lowest BCUT2D eigenvalue weighted by molar-refractivity contribution is -0.128. The Morgan fingerprint density at radius 1 is 1.15 bits per heavy atom. The average Bonchev–Trinajstić information content (AvgIpc) is 2.93. The number of carbonyl (C=O) groups excluding carboxylic acids is 4. The van der Waals surface area contributed by atoms with E-state index in [0.29, 0.717) is 19.5 Å². The molecule has 3 N–H and O–H groups in total. The molecule has 2 saturated heterocycles. The summed E-state index contributed by atoms with van der Waals surface area (Å²) < 4.78 is 0. The van der Waals surface area contributed by atoms with E-state index >= 15 is 0 Å². The SMILES string of the molecule is O=C1CC[C@@H](C(=O)NCc2ccccc2CN2CCCC2=O)NC(=O)N1. The molecule has 8 nitrogen and oxygen atoms in total. The molecule has 0 spiro atoms. The van der Waals surface area contributed by atoms with Crippen LogP contribution in [0.2, 0.25) is 0 Å². The first-order valence-electron chi connectivity index (χ1n) is 8.75. The van der Waals surface area contributed by atoms with Crippen molar-refractivity contribution in [1.82, 2.24) is 20.9 Å². The average molecular weight is 358 g/mol. The zero-order valence-corrected chi connectivity index (χ0v) is 14.4. The van der Waals surface area contributed by atoms with Gasteiger partial charge in [0.2, 0.25) is 17.7 Å². The summed E-state index contributed by atoms with van der Waals surface area (Å²) in [5.74, 6) is -0.567. The number of nitrogens with zero attached hydrogens (tertiary/aromatic N) is 1. The second-order valence-electron chi connectivity index (χ2n) is 6.52. The van der Waals surface area contributed by atoms with Crippen LogP contribution < -0.4 is 16.0 Å². The number of carbonyl (C=O) groups is 4. The molecule has 2 aliphatic rings. The molecular weight excluding hydrogens is 336 g/mol. The van der Waals surface area contributed by atoms with E-state index in [1.807, 2.05) is 29.2 Å². The highest BCUT2D eigenvalue weighted by molar-refractivity contribution is 5.98. The van der Waals surface area contributed by atoms with Gasteiger partial charge >= 0.3 is 6.03 Å². The quantitative estimate of drug-likeness (QED) is 0.709. The molecule has 3 rings (SSSR count). The van der Waals surface area contributed by atoms with Gasteiger partial charge in [-0.05, 0) is 24.0 Å². The van der Waals surface area contributed by atoms with E-state index in [2.05, 4.69) is 16.0 Å². The van der Waals surface area contributed by atoms with Crippen LogP contribution in [0.5, 0.6) is 0 Å². The van der Waals surface area contributed by atoms with Crippen molar-refractivity contribution in [3.05, 3.63) is 35.4 Å². The van der Waals surface area contributed by atoms with Crippen LogP contribution in [-0.2, 0) is 27.5 Å². The van der Waals surface area contributed by atoms with Crippen molar-refractivity contribution >= 4 is 23.8 Å². The highest BCUT2D eigenvalue weighted by Crippen LogP contribution is 2.17.